The standard InChI is InChI=1S/C20H18N2O5S/c1-2-27-16-9-5-14(6-10-16)21-18(24)12-22-19(25)17(28-20(22)26)11-13-3-7-15(23)8-4-13/h3-11,23H,2,12H2,1H3,(H,21,24)/b17-11+. The lowest BCUT2D eigenvalue weighted by Gasteiger charge is -2.12. The zero-order valence-electron chi connectivity index (χ0n) is 15.0. The monoisotopic (exact) mass is 398 g/mol. The molecule has 0 aromatic heterocycles. The third-order valence-electron chi connectivity index (χ3n) is 3.82. The number of phenols is 1. The van der Waals surface area contributed by atoms with Gasteiger partial charge < -0.3 is 15.2 Å². The molecule has 28 heavy (non-hydrogen) atoms. The van der Waals surface area contributed by atoms with Gasteiger partial charge in [-0.25, -0.2) is 0 Å². The van der Waals surface area contributed by atoms with E-state index in [0.29, 0.717) is 23.6 Å². The van der Waals surface area contributed by atoms with E-state index in [2.05, 4.69) is 5.32 Å². The lowest BCUT2D eigenvalue weighted by atomic mass is 10.2. The number of ether oxygens (including phenoxy) is 1. The minimum atomic E-state index is -0.523. The van der Waals surface area contributed by atoms with Crippen LogP contribution < -0.4 is 10.1 Å². The van der Waals surface area contributed by atoms with Gasteiger partial charge in [0.1, 0.15) is 18.0 Å². The Morgan fingerprint density at radius 3 is 2.46 bits per heavy atom. The van der Waals surface area contributed by atoms with Gasteiger partial charge in [-0.3, -0.25) is 19.3 Å². The Kier molecular flexibility index (Phi) is 6.00. The summed E-state index contributed by atoms with van der Waals surface area (Å²) in [5.74, 6) is -0.204. The Morgan fingerprint density at radius 1 is 1.14 bits per heavy atom. The van der Waals surface area contributed by atoms with Crippen LogP contribution >= 0.6 is 11.8 Å². The number of nitrogens with one attached hydrogen (secondary N) is 1. The van der Waals surface area contributed by atoms with E-state index in [1.54, 1.807) is 42.5 Å². The minimum Gasteiger partial charge on any atom is -0.508 e. The van der Waals surface area contributed by atoms with Crippen LogP contribution in [0.25, 0.3) is 6.08 Å². The highest BCUT2D eigenvalue weighted by atomic mass is 32.2. The number of imide groups is 1. The number of carbonyl (C=O) groups is 3. The molecule has 3 amide bonds. The fraction of sp³-hybridized carbons (Fsp3) is 0.150. The van der Waals surface area contributed by atoms with Gasteiger partial charge in [-0.05, 0) is 66.7 Å². The molecule has 0 atom stereocenters. The molecule has 0 bridgehead atoms. The van der Waals surface area contributed by atoms with Crippen LogP contribution in [0.3, 0.4) is 0 Å². The molecule has 3 rings (SSSR count). The quantitative estimate of drug-likeness (QED) is 0.724. The summed E-state index contributed by atoms with van der Waals surface area (Å²) >= 11 is 0.776. The summed E-state index contributed by atoms with van der Waals surface area (Å²) in [4.78, 5) is 38.0. The number of carbonyl (C=O) groups excluding carboxylic acids is 3. The fourth-order valence-corrected chi connectivity index (χ4v) is 3.34. The van der Waals surface area contributed by atoms with Crippen molar-refractivity contribution in [3.05, 3.63) is 59.0 Å². The maximum Gasteiger partial charge on any atom is 0.294 e. The van der Waals surface area contributed by atoms with Crippen molar-refractivity contribution in [3.63, 3.8) is 0 Å². The summed E-state index contributed by atoms with van der Waals surface area (Å²) < 4.78 is 5.34. The maximum atomic E-state index is 12.5. The van der Waals surface area contributed by atoms with Crippen molar-refractivity contribution in [2.75, 3.05) is 18.5 Å². The number of hydrogen-bond donors (Lipinski definition) is 2. The van der Waals surface area contributed by atoms with E-state index in [0.717, 1.165) is 16.7 Å². The van der Waals surface area contributed by atoms with E-state index in [1.165, 1.54) is 12.1 Å². The molecule has 2 aromatic rings. The van der Waals surface area contributed by atoms with Gasteiger partial charge in [0.2, 0.25) is 5.91 Å². The molecule has 1 heterocycles. The van der Waals surface area contributed by atoms with Gasteiger partial charge in [0.25, 0.3) is 11.1 Å². The Hall–Kier alpha value is -3.26. The summed E-state index contributed by atoms with van der Waals surface area (Å²) in [7, 11) is 0. The molecule has 0 spiro atoms. The van der Waals surface area contributed by atoms with Crippen molar-refractivity contribution in [1.29, 1.82) is 0 Å². The first-order chi connectivity index (χ1) is 13.5. The second kappa shape index (κ2) is 8.62. The highest BCUT2D eigenvalue weighted by molar-refractivity contribution is 8.18. The highest BCUT2D eigenvalue weighted by Gasteiger charge is 2.36. The number of rotatable bonds is 6. The molecule has 0 saturated carbocycles. The Bertz CT molecular complexity index is 923. The molecule has 8 heteroatoms. The lowest BCUT2D eigenvalue weighted by Crippen LogP contribution is -2.36. The molecule has 144 valence electrons. The summed E-state index contributed by atoms with van der Waals surface area (Å²) in [6.45, 7) is 2.05. The predicted octanol–water partition coefficient (Wildman–Crippen LogP) is 3.47. The number of anilines is 1. The normalized spacial score (nSPS) is 15.2. The largest absolute Gasteiger partial charge is 0.508 e. The van der Waals surface area contributed by atoms with Crippen molar-refractivity contribution in [1.82, 2.24) is 4.90 Å². The van der Waals surface area contributed by atoms with Crippen molar-refractivity contribution >= 4 is 40.6 Å². The molecule has 0 aliphatic carbocycles. The molecule has 0 unspecified atom stereocenters. The zero-order valence-corrected chi connectivity index (χ0v) is 15.9. The summed E-state index contributed by atoms with van der Waals surface area (Å²) in [5.41, 5.74) is 1.21. The van der Waals surface area contributed by atoms with Gasteiger partial charge in [-0.1, -0.05) is 12.1 Å². The van der Waals surface area contributed by atoms with Crippen molar-refractivity contribution < 1.29 is 24.2 Å². The minimum absolute atomic E-state index is 0.108. The van der Waals surface area contributed by atoms with E-state index in [-0.39, 0.29) is 17.2 Å². The van der Waals surface area contributed by atoms with Crippen LogP contribution in [-0.2, 0) is 9.59 Å². The number of phenolic OH excluding ortho intramolecular Hbond substituents is 1. The Morgan fingerprint density at radius 2 is 1.82 bits per heavy atom. The van der Waals surface area contributed by atoms with Crippen molar-refractivity contribution in [3.8, 4) is 11.5 Å². The predicted molar refractivity (Wildman–Crippen MR) is 107 cm³/mol. The lowest BCUT2D eigenvalue weighted by molar-refractivity contribution is -0.127. The average Bonchev–Trinajstić information content (AvgIpc) is 2.93. The van der Waals surface area contributed by atoms with Crippen LogP contribution in [0.2, 0.25) is 0 Å². The van der Waals surface area contributed by atoms with Gasteiger partial charge in [0, 0.05) is 5.69 Å². The van der Waals surface area contributed by atoms with E-state index in [9.17, 15) is 19.5 Å². The number of hydrogen-bond acceptors (Lipinski definition) is 6. The second-order valence-electron chi connectivity index (χ2n) is 5.86. The van der Waals surface area contributed by atoms with Crippen molar-refractivity contribution in [2.45, 2.75) is 6.92 Å². The van der Waals surface area contributed by atoms with Crippen LogP contribution in [0.1, 0.15) is 12.5 Å². The summed E-state index contributed by atoms with van der Waals surface area (Å²) in [5, 5.41) is 11.5. The molecule has 2 N–H and O–H groups in total. The van der Waals surface area contributed by atoms with Gasteiger partial charge in [-0.2, -0.15) is 0 Å². The summed E-state index contributed by atoms with van der Waals surface area (Å²) in [6, 6.07) is 13.0. The maximum absolute atomic E-state index is 12.5. The van der Waals surface area contributed by atoms with Gasteiger partial charge >= 0.3 is 0 Å². The Balaban J connectivity index is 1.63. The fourth-order valence-electron chi connectivity index (χ4n) is 2.50. The zero-order chi connectivity index (χ0) is 20.1. The topological polar surface area (TPSA) is 95.9 Å². The third-order valence-corrected chi connectivity index (χ3v) is 4.72. The molecule has 7 nitrogen and oxygen atoms in total. The summed E-state index contributed by atoms with van der Waals surface area (Å²) in [6.07, 6.45) is 1.55. The van der Waals surface area contributed by atoms with Gasteiger partial charge in [0.05, 0.1) is 11.5 Å². The van der Waals surface area contributed by atoms with Gasteiger partial charge in [0.15, 0.2) is 0 Å². The molecule has 2 aromatic carbocycles. The number of nitrogens with zero attached hydrogens (tertiary/aromatic N) is 1. The van der Waals surface area contributed by atoms with Crippen LogP contribution in [0.15, 0.2) is 53.4 Å². The van der Waals surface area contributed by atoms with Crippen LogP contribution in [-0.4, -0.2) is 40.2 Å². The van der Waals surface area contributed by atoms with E-state index in [4.69, 9.17) is 4.74 Å². The van der Waals surface area contributed by atoms with E-state index in [1.807, 2.05) is 6.92 Å². The van der Waals surface area contributed by atoms with Crippen LogP contribution in [0, 0.1) is 0 Å². The third kappa shape index (κ3) is 4.72. The highest BCUT2D eigenvalue weighted by Crippen LogP contribution is 2.32. The molecular weight excluding hydrogens is 380 g/mol. The first-order valence-electron chi connectivity index (χ1n) is 8.53. The Labute approximate surface area is 166 Å². The SMILES string of the molecule is CCOc1ccc(NC(=O)CN2C(=O)S/C(=C/c3ccc(O)cc3)C2=O)cc1. The number of thioether (sulfide) groups is 1. The molecular formula is C20H18N2O5S. The molecule has 1 saturated heterocycles. The molecule has 1 aliphatic heterocycles. The first kappa shape index (κ1) is 19.5. The smallest absolute Gasteiger partial charge is 0.294 e. The number of benzene rings is 2. The number of aromatic hydroxyl groups is 1. The van der Waals surface area contributed by atoms with Crippen molar-refractivity contribution in [2.24, 2.45) is 0 Å². The second-order valence-corrected chi connectivity index (χ2v) is 6.86. The van der Waals surface area contributed by atoms with Crippen LogP contribution in [0.4, 0.5) is 10.5 Å². The molecule has 1 aliphatic rings. The molecule has 0 radical (unpaired) electrons. The van der Waals surface area contributed by atoms with Crippen LogP contribution in [0.5, 0.6) is 11.5 Å². The van der Waals surface area contributed by atoms with E-state index < -0.39 is 17.1 Å². The molecule has 1 fully saturated rings. The number of amides is 3. The first-order valence-corrected chi connectivity index (χ1v) is 9.35. The van der Waals surface area contributed by atoms with Gasteiger partial charge in [-0.15, -0.1) is 0 Å². The average molecular weight is 398 g/mol. The van der Waals surface area contributed by atoms with E-state index >= 15 is 0 Å².